The van der Waals surface area contributed by atoms with Crippen LogP contribution in [0.25, 0.3) is 126 Å². The van der Waals surface area contributed by atoms with Crippen LogP contribution in [0, 0.1) is 0 Å². The summed E-state index contributed by atoms with van der Waals surface area (Å²) in [5.41, 5.74) is 14.2. The molecular formula is C56H33NO2. The van der Waals surface area contributed by atoms with Gasteiger partial charge in [-0.3, -0.25) is 0 Å². The molecule has 0 amide bonds. The number of benzene rings is 10. The standard InChI is InChI=1S/C56H33NO2/c1-2-12-38(13-3-1)57-47-20-10-8-19-44(47)55-48(57)29-31-51-56(55)45-28-26-37(33-52(45)59-51)54-42-17-6-4-15-40(42)53(41-16-5-7-18-43(41)54)35-24-22-34(23-25-35)36-27-30-50-46(32-36)39-14-9-11-21-49(39)58-50/h1-33H. The van der Waals surface area contributed by atoms with E-state index < -0.39 is 0 Å². The summed E-state index contributed by atoms with van der Waals surface area (Å²) in [5.74, 6) is 0. The minimum atomic E-state index is 0.885. The van der Waals surface area contributed by atoms with Gasteiger partial charge >= 0.3 is 0 Å². The van der Waals surface area contributed by atoms with Crippen molar-refractivity contribution in [2.24, 2.45) is 0 Å². The Morgan fingerprint density at radius 3 is 1.56 bits per heavy atom. The summed E-state index contributed by atoms with van der Waals surface area (Å²) in [6.45, 7) is 0. The van der Waals surface area contributed by atoms with E-state index in [2.05, 4.69) is 193 Å². The molecule has 10 aromatic carbocycles. The molecule has 0 N–H and O–H groups in total. The molecule has 0 aliphatic carbocycles. The number of aromatic nitrogens is 1. The first kappa shape index (κ1) is 32.2. The van der Waals surface area contributed by atoms with E-state index in [1.54, 1.807) is 0 Å². The molecule has 0 atom stereocenters. The number of hydrogen-bond donors (Lipinski definition) is 0. The van der Waals surface area contributed by atoms with Crippen LogP contribution in [0.15, 0.2) is 209 Å². The number of para-hydroxylation sites is 3. The normalized spacial score (nSPS) is 12.1. The van der Waals surface area contributed by atoms with E-state index in [1.165, 1.54) is 71.2 Å². The molecule has 0 unspecified atom stereocenters. The molecule has 0 saturated carbocycles. The van der Waals surface area contributed by atoms with E-state index in [-0.39, 0.29) is 0 Å². The largest absolute Gasteiger partial charge is 0.456 e. The van der Waals surface area contributed by atoms with Crippen LogP contribution < -0.4 is 0 Å². The highest BCUT2D eigenvalue weighted by Gasteiger charge is 2.21. The topological polar surface area (TPSA) is 31.2 Å². The predicted molar refractivity (Wildman–Crippen MR) is 247 cm³/mol. The summed E-state index contributed by atoms with van der Waals surface area (Å²) < 4.78 is 15.3. The summed E-state index contributed by atoms with van der Waals surface area (Å²) in [5, 5.41) is 11.9. The van der Waals surface area contributed by atoms with Gasteiger partial charge in [0.25, 0.3) is 0 Å². The number of nitrogens with zero attached hydrogens (tertiary/aromatic N) is 1. The van der Waals surface area contributed by atoms with Crippen LogP contribution in [0.4, 0.5) is 0 Å². The lowest BCUT2D eigenvalue weighted by Crippen LogP contribution is -1.92. The molecule has 0 radical (unpaired) electrons. The quantitative estimate of drug-likeness (QED) is 0.168. The van der Waals surface area contributed by atoms with Gasteiger partial charge in [-0.2, -0.15) is 0 Å². The Kier molecular flexibility index (Phi) is 6.72. The van der Waals surface area contributed by atoms with Gasteiger partial charge < -0.3 is 13.4 Å². The molecule has 0 aliphatic rings. The van der Waals surface area contributed by atoms with Gasteiger partial charge in [-0.15, -0.1) is 0 Å². The Morgan fingerprint density at radius 2 is 0.814 bits per heavy atom. The summed E-state index contributed by atoms with van der Waals surface area (Å²) in [4.78, 5) is 0. The third-order valence-electron chi connectivity index (χ3n) is 12.4. The molecule has 0 aliphatic heterocycles. The van der Waals surface area contributed by atoms with Gasteiger partial charge in [-0.05, 0) is 116 Å². The highest BCUT2D eigenvalue weighted by Crippen LogP contribution is 2.46. The maximum atomic E-state index is 6.78. The second kappa shape index (κ2) is 12.3. The third kappa shape index (κ3) is 4.70. The van der Waals surface area contributed by atoms with Gasteiger partial charge in [0.15, 0.2) is 0 Å². The van der Waals surface area contributed by atoms with E-state index in [0.717, 1.165) is 55.1 Å². The first-order chi connectivity index (χ1) is 29.3. The fourth-order valence-electron chi connectivity index (χ4n) is 9.82. The van der Waals surface area contributed by atoms with Crippen molar-refractivity contribution in [3.8, 4) is 39.1 Å². The van der Waals surface area contributed by atoms with Crippen LogP contribution in [-0.4, -0.2) is 4.57 Å². The maximum absolute atomic E-state index is 6.78. The highest BCUT2D eigenvalue weighted by molar-refractivity contribution is 6.28. The van der Waals surface area contributed by atoms with Crippen molar-refractivity contribution < 1.29 is 8.83 Å². The van der Waals surface area contributed by atoms with E-state index in [1.807, 2.05) is 12.1 Å². The minimum absolute atomic E-state index is 0.885. The van der Waals surface area contributed by atoms with Gasteiger partial charge in [0, 0.05) is 38.0 Å². The van der Waals surface area contributed by atoms with Crippen molar-refractivity contribution in [3.05, 3.63) is 200 Å². The first-order valence-corrected chi connectivity index (χ1v) is 20.2. The molecule has 3 nitrogen and oxygen atoms in total. The van der Waals surface area contributed by atoms with Crippen molar-refractivity contribution >= 4 is 87.2 Å². The molecule has 13 aromatic rings. The van der Waals surface area contributed by atoms with Crippen LogP contribution in [0.5, 0.6) is 0 Å². The highest BCUT2D eigenvalue weighted by atomic mass is 16.3. The zero-order valence-corrected chi connectivity index (χ0v) is 31.8. The summed E-state index contributed by atoms with van der Waals surface area (Å²) in [6.07, 6.45) is 0. The van der Waals surface area contributed by atoms with E-state index in [4.69, 9.17) is 8.83 Å². The Morgan fingerprint density at radius 1 is 0.271 bits per heavy atom. The second-order valence-electron chi connectivity index (χ2n) is 15.6. The molecule has 3 heterocycles. The summed E-state index contributed by atoms with van der Waals surface area (Å²) in [7, 11) is 0. The molecule has 59 heavy (non-hydrogen) atoms. The van der Waals surface area contributed by atoms with E-state index >= 15 is 0 Å². The molecule has 3 aromatic heterocycles. The second-order valence-corrected chi connectivity index (χ2v) is 15.6. The van der Waals surface area contributed by atoms with Crippen LogP contribution in [0.1, 0.15) is 0 Å². The van der Waals surface area contributed by atoms with E-state index in [0.29, 0.717) is 0 Å². The van der Waals surface area contributed by atoms with Crippen LogP contribution in [0.3, 0.4) is 0 Å². The molecule has 0 saturated heterocycles. The fourth-order valence-corrected chi connectivity index (χ4v) is 9.82. The monoisotopic (exact) mass is 751 g/mol. The van der Waals surface area contributed by atoms with Gasteiger partial charge in [-0.25, -0.2) is 0 Å². The molecule has 3 heteroatoms. The summed E-state index contributed by atoms with van der Waals surface area (Å²) in [6, 6.07) is 72.0. The number of fused-ring (bicyclic) bond motifs is 12. The molecule has 0 spiro atoms. The Bertz CT molecular complexity index is 3770. The average Bonchev–Trinajstić information content (AvgIpc) is 3.97. The minimum Gasteiger partial charge on any atom is -0.456 e. The fraction of sp³-hybridized carbons (Fsp3) is 0. The van der Waals surface area contributed by atoms with Gasteiger partial charge in [0.2, 0.25) is 0 Å². The summed E-state index contributed by atoms with van der Waals surface area (Å²) >= 11 is 0. The van der Waals surface area contributed by atoms with Crippen molar-refractivity contribution in [1.82, 2.24) is 4.57 Å². The van der Waals surface area contributed by atoms with Gasteiger partial charge in [0.1, 0.15) is 22.3 Å². The lowest BCUT2D eigenvalue weighted by Gasteiger charge is -2.18. The zero-order chi connectivity index (χ0) is 38.6. The van der Waals surface area contributed by atoms with Gasteiger partial charge in [0.05, 0.1) is 11.0 Å². The molecular weight excluding hydrogens is 719 g/mol. The molecule has 274 valence electrons. The third-order valence-corrected chi connectivity index (χ3v) is 12.4. The van der Waals surface area contributed by atoms with Crippen molar-refractivity contribution in [3.63, 3.8) is 0 Å². The molecule has 0 bridgehead atoms. The Labute approximate surface area is 338 Å². The zero-order valence-electron chi connectivity index (χ0n) is 31.8. The SMILES string of the molecule is c1ccc(-n2c3ccccc3c3c4c(ccc32)oc2cc(-c3c5ccccc5c(-c5ccc(-c6ccc7oc8ccccc8c7c6)cc5)c5ccccc35)ccc24)cc1. The smallest absolute Gasteiger partial charge is 0.136 e. The molecule has 0 fully saturated rings. The van der Waals surface area contributed by atoms with Crippen molar-refractivity contribution in [2.75, 3.05) is 0 Å². The first-order valence-electron chi connectivity index (χ1n) is 20.2. The van der Waals surface area contributed by atoms with Crippen molar-refractivity contribution in [2.45, 2.75) is 0 Å². The number of furan rings is 2. The van der Waals surface area contributed by atoms with Crippen LogP contribution in [0.2, 0.25) is 0 Å². The lowest BCUT2D eigenvalue weighted by atomic mass is 9.85. The van der Waals surface area contributed by atoms with E-state index in [9.17, 15) is 0 Å². The maximum Gasteiger partial charge on any atom is 0.136 e. The number of hydrogen-bond acceptors (Lipinski definition) is 2. The predicted octanol–water partition coefficient (Wildman–Crippen LogP) is 15.9. The van der Waals surface area contributed by atoms with Crippen LogP contribution >= 0.6 is 0 Å². The Balaban J connectivity index is 0.976. The van der Waals surface area contributed by atoms with Gasteiger partial charge in [-0.1, -0.05) is 140 Å². The average molecular weight is 752 g/mol. The molecule has 13 rings (SSSR count). The van der Waals surface area contributed by atoms with Crippen molar-refractivity contribution in [1.29, 1.82) is 0 Å². The van der Waals surface area contributed by atoms with Crippen LogP contribution in [-0.2, 0) is 0 Å². The Hall–Kier alpha value is -7.88. The number of rotatable bonds is 4. The lowest BCUT2D eigenvalue weighted by molar-refractivity contribution is 0.668.